The fourth-order valence-electron chi connectivity index (χ4n) is 4.55. The molecule has 4 rings (SSSR count). The topological polar surface area (TPSA) is 244 Å². The van der Waals surface area contributed by atoms with Crippen LogP contribution in [0.4, 0.5) is 26.6 Å². The normalized spacial score (nSPS) is 12.1. The first kappa shape index (κ1) is 36.3. The van der Waals surface area contributed by atoms with Gasteiger partial charge in [-0.3, -0.25) is 14.9 Å². The molecule has 0 aliphatic rings. The van der Waals surface area contributed by atoms with Gasteiger partial charge in [0.05, 0.1) is 31.6 Å². The zero-order valence-electron chi connectivity index (χ0n) is 26.7. The third-order valence-corrected chi connectivity index (χ3v) is 7.17. The monoisotopic (exact) mass is 680 g/mol. The molecule has 1 unspecified atom stereocenters. The van der Waals surface area contributed by atoms with E-state index in [0.717, 1.165) is 12.1 Å². The van der Waals surface area contributed by atoms with Crippen LogP contribution in [-0.4, -0.2) is 93.8 Å². The van der Waals surface area contributed by atoms with Crippen LogP contribution < -0.4 is 26.7 Å². The van der Waals surface area contributed by atoms with Crippen molar-refractivity contribution in [2.24, 2.45) is 0 Å². The summed E-state index contributed by atoms with van der Waals surface area (Å²) >= 11 is 0. The van der Waals surface area contributed by atoms with Gasteiger partial charge in [-0.2, -0.15) is 9.97 Å². The molecule has 19 heteroatoms. The van der Waals surface area contributed by atoms with Crippen LogP contribution in [-0.2, 0) is 32.2 Å². The number of aliphatic hydroxyl groups is 1. The second kappa shape index (κ2) is 16.6. The minimum atomic E-state index is -1.98. The lowest BCUT2D eigenvalue weighted by Gasteiger charge is -2.23. The number of nitrogens with zero attached hydrogens (tertiary/aromatic N) is 5. The van der Waals surface area contributed by atoms with Crippen LogP contribution in [0.5, 0.6) is 0 Å². The van der Waals surface area contributed by atoms with Gasteiger partial charge >= 0.3 is 19.2 Å². The molecule has 7 N–H and O–H groups in total. The van der Waals surface area contributed by atoms with E-state index in [9.17, 15) is 23.9 Å². The van der Waals surface area contributed by atoms with E-state index in [-0.39, 0.29) is 59.9 Å². The lowest BCUT2D eigenvalue weighted by Crippen LogP contribution is -2.44. The lowest BCUT2D eigenvalue weighted by atomic mass is 9.79. The second-order valence-corrected chi connectivity index (χ2v) is 10.6. The number of amides is 2. The molecular formula is C30H34BFN8O9. The SMILES string of the molecule is COC(=O)CC[C@H](NC(=O)c1ccc(N(C)Cc2cnc3nc(N)nc(NC(=O)OCc4ccc(B(O)O)c(F)c4)c3n2)cc1)C(O)OC. The highest BCUT2D eigenvalue weighted by atomic mass is 19.1. The number of fused-ring (bicyclic) bond motifs is 1. The Morgan fingerprint density at radius 3 is 2.47 bits per heavy atom. The number of methoxy groups -OCH3 is 2. The first-order valence-corrected chi connectivity index (χ1v) is 14.7. The van der Waals surface area contributed by atoms with Gasteiger partial charge < -0.3 is 45.3 Å². The molecule has 2 atom stereocenters. The van der Waals surface area contributed by atoms with Crippen molar-refractivity contribution in [1.29, 1.82) is 0 Å². The van der Waals surface area contributed by atoms with Gasteiger partial charge in [-0.25, -0.2) is 19.2 Å². The lowest BCUT2D eigenvalue weighted by molar-refractivity contribution is -0.141. The van der Waals surface area contributed by atoms with Crippen LogP contribution in [0.25, 0.3) is 11.2 Å². The Bertz CT molecular complexity index is 1800. The van der Waals surface area contributed by atoms with Gasteiger partial charge in [0.25, 0.3) is 5.91 Å². The van der Waals surface area contributed by atoms with Crippen LogP contribution >= 0.6 is 0 Å². The predicted molar refractivity (Wildman–Crippen MR) is 174 cm³/mol. The van der Waals surface area contributed by atoms with Gasteiger partial charge in [-0.15, -0.1) is 0 Å². The van der Waals surface area contributed by atoms with Crippen molar-refractivity contribution >= 4 is 59.2 Å². The van der Waals surface area contributed by atoms with Crippen LogP contribution in [0, 0.1) is 5.82 Å². The molecule has 17 nitrogen and oxygen atoms in total. The number of aromatic nitrogens is 4. The highest BCUT2D eigenvalue weighted by Gasteiger charge is 2.23. The van der Waals surface area contributed by atoms with Crippen molar-refractivity contribution in [3.05, 3.63) is 71.3 Å². The Morgan fingerprint density at radius 1 is 1.08 bits per heavy atom. The predicted octanol–water partition coefficient (Wildman–Crippen LogP) is 0.222. The summed E-state index contributed by atoms with van der Waals surface area (Å²) in [5.41, 5.74) is 7.44. The number of benzene rings is 2. The van der Waals surface area contributed by atoms with Gasteiger partial charge in [0.1, 0.15) is 12.4 Å². The highest BCUT2D eigenvalue weighted by Crippen LogP contribution is 2.21. The van der Waals surface area contributed by atoms with E-state index in [1.54, 1.807) is 31.3 Å². The molecule has 4 aromatic rings. The van der Waals surface area contributed by atoms with Gasteiger partial charge in [0, 0.05) is 37.3 Å². The molecule has 2 aromatic heterocycles. The fraction of sp³-hybridized carbons (Fsp3) is 0.300. The summed E-state index contributed by atoms with van der Waals surface area (Å²) in [7, 11) is 2.33. The minimum absolute atomic E-state index is 0.0264. The average Bonchev–Trinajstić information content (AvgIpc) is 3.08. The number of hydrogen-bond acceptors (Lipinski definition) is 15. The number of aliphatic hydroxyl groups excluding tert-OH is 1. The van der Waals surface area contributed by atoms with Gasteiger partial charge in [0.2, 0.25) is 5.95 Å². The molecule has 258 valence electrons. The standard InChI is InChI=1S/C30H34BFN8O9/c1-40(19-7-5-17(6-8-19)27(42)36-22(28(43)48-3)10-11-23(41)47-2)14-18-13-34-25-24(35-18)26(38-29(33)37-25)39-30(44)49-15-16-4-9-20(31(45)46)21(32)12-16/h4-9,12-13,22,28,43,45-46H,10-11,14-15H2,1-3H3,(H,36,42)(H3,33,34,37,38,39,44)/t22-,28?/m0/s1. The first-order valence-electron chi connectivity index (χ1n) is 14.7. The molecule has 0 saturated heterocycles. The Balaban J connectivity index is 1.41. The Hall–Kier alpha value is -5.50. The first-order chi connectivity index (χ1) is 23.4. The zero-order chi connectivity index (χ0) is 35.7. The smallest absolute Gasteiger partial charge is 0.469 e. The molecule has 2 amide bonds. The maximum absolute atomic E-state index is 14.0. The molecule has 49 heavy (non-hydrogen) atoms. The summed E-state index contributed by atoms with van der Waals surface area (Å²) in [5, 5.41) is 33.6. The summed E-state index contributed by atoms with van der Waals surface area (Å²) in [5.74, 6) is -2.10. The fourth-order valence-corrected chi connectivity index (χ4v) is 4.55. The third kappa shape index (κ3) is 9.77. The van der Waals surface area contributed by atoms with Gasteiger partial charge in [0.15, 0.2) is 23.3 Å². The Kier molecular flexibility index (Phi) is 12.3. The molecule has 0 radical (unpaired) electrons. The number of carbonyl (C=O) groups is 3. The number of carbonyl (C=O) groups excluding carboxylic acids is 3. The van der Waals surface area contributed by atoms with Crippen molar-refractivity contribution in [1.82, 2.24) is 25.3 Å². The van der Waals surface area contributed by atoms with Crippen LogP contribution in [0.3, 0.4) is 0 Å². The number of halogens is 1. The summed E-state index contributed by atoms with van der Waals surface area (Å²) in [6, 6.07) is 9.29. The van der Waals surface area contributed by atoms with Crippen LogP contribution in [0.15, 0.2) is 48.7 Å². The number of ether oxygens (including phenoxy) is 3. The number of anilines is 3. The number of hydrogen-bond donors (Lipinski definition) is 6. The number of nitrogen functional groups attached to an aromatic ring is 1. The van der Waals surface area contributed by atoms with Crippen LogP contribution in [0.2, 0.25) is 0 Å². The molecule has 0 spiro atoms. The molecule has 0 aliphatic carbocycles. The molecule has 2 heterocycles. The zero-order valence-corrected chi connectivity index (χ0v) is 26.7. The third-order valence-electron chi connectivity index (χ3n) is 7.17. The van der Waals surface area contributed by atoms with E-state index in [0.29, 0.717) is 16.9 Å². The van der Waals surface area contributed by atoms with Crippen LogP contribution in [0.1, 0.15) is 34.5 Å². The molecule has 0 bridgehead atoms. The van der Waals surface area contributed by atoms with Crippen molar-refractivity contribution in [3.8, 4) is 0 Å². The average molecular weight is 680 g/mol. The largest absolute Gasteiger partial charge is 0.491 e. The van der Waals surface area contributed by atoms with Gasteiger partial charge in [-0.1, -0.05) is 12.1 Å². The van der Waals surface area contributed by atoms with E-state index >= 15 is 0 Å². The molecule has 0 fully saturated rings. The Morgan fingerprint density at radius 2 is 1.82 bits per heavy atom. The maximum atomic E-state index is 14.0. The van der Waals surface area contributed by atoms with Crippen molar-refractivity contribution in [2.75, 3.05) is 37.2 Å². The molecule has 0 saturated carbocycles. The number of nitrogens with two attached hydrogens (primary N) is 1. The Labute approximate surface area is 279 Å². The van der Waals surface area contributed by atoms with E-state index in [2.05, 4.69) is 35.3 Å². The van der Waals surface area contributed by atoms with E-state index in [4.69, 9.17) is 25.3 Å². The van der Waals surface area contributed by atoms with Gasteiger partial charge in [-0.05, 0) is 42.3 Å². The summed E-state index contributed by atoms with van der Waals surface area (Å²) < 4.78 is 28.7. The molecule has 0 aliphatic heterocycles. The molecular weight excluding hydrogens is 646 g/mol. The highest BCUT2D eigenvalue weighted by molar-refractivity contribution is 6.58. The maximum Gasteiger partial charge on any atom is 0.491 e. The second-order valence-electron chi connectivity index (χ2n) is 10.6. The molecule has 2 aromatic carbocycles. The number of rotatable bonds is 14. The summed E-state index contributed by atoms with van der Waals surface area (Å²) in [6.45, 7) is -0.0984. The number of nitrogens with one attached hydrogen (secondary N) is 2. The van der Waals surface area contributed by atoms with E-state index in [1.165, 1.54) is 26.5 Å². The minimum Gasteiger partial charge on any atom is -0.469 e. The van der Waals surface area contributed by atoms with Crippen molar-refractivity contribution in [3.63, 3.8) is 0 Å². The van der Waals surface area contributed by atoms with Crippen molar-refractivity contribution in [2.45, 2.75) is 38.3 Å². The number of esters is 1. The summed E-state index contributed by atoms with van der Waals surface area (Å²) in [4.78, 5) is 55.7. The summed E-state index contributed by atoms with van der Waals surface area (Å²) in [6.07, 6.45) is -0.728. The van der Waals surface area contributed by atoms with E-state index < -0.39 is 43.2 Å². The quantitative estimate of drug-likeness (QED) is 0.0593. The van der Waals surface area contributed by atoms with Crippen molar-refractivity contribution < 1.29 is 48.1 Å². The van der Waals surface area contributed by atoms with E-state index in [1.807, 2.05) is 4.90 Å².